The molecule has 0 bridgehead atoms. The van der Waals surface area contributed by atoms with Crippen LogP contribution in [0.1, 0.15) is 11.1 Å². The maximum atomic E-state index is 13.0. The molecule has 0 amide bonds. The molecule has 96 valence electrons. The fourth-order valence-corrected chi connectivity index (χ4v) is 1.76. The van der Waals surface area contributed by atoms with Crippen LogP contribution in [-0.4, -0.2) is 4.98 Å². The van der Waals surface area contributed by atoms with E-state index in [1.54, 1.807) is 0 Å². The van der Waals surface area contributed by atoms with Gasteiger partial charge in [0, 0.05) is 18.8 Å². The fraction of sp³-hybridized carbons (Fsp3) is 0.0769. The molecule has 1 N–H and O–H groups in total. The van der Waals surface area contributed by atoms with Crippen LogP contribution in [0.15, 0.2) is 30.5 Å². The van der Waals surface area contributed by atoms with E-state index in [2.05, 4.69) is 10.3 Å². The van der Waals surface area contributed by atoms with E-state index in [1.165, 1.54) is 24.4 Å². The Kier molecular flexibility index (Phi) is 3.93. The van der Waals surface area contributed by atoms with Crippen LogP contribution in [0.4, 0.5) is 14.6 Å². The van der Waals surface area contributed by atoms with E-state index in [-0.39, 0.29) is 11.6 Å². The van der Waals surface area contributed by atoms with Crippen molar-refractivity contribution in [2.75, 3.05) is 5.32 Å². The zero-order valence-electron chi connectivity index (χ0n) is 9.62. The number of anilines is 1. The molecule has 6 heteroatoms. The summed E-state index contributed by atoms with van der Waals surface area (Å²) >= 11 is 5.91. The molecule has 3 nitrogen and oxygen atoms in total. The summed E-state index contributed by atoms with van der Waals surface area (Å²) in [6.07, 6.45) is 1.36. The van der Waals surface area contributed by atoms with Crippen molar-refractivity contribution in [3.05, 3.63) is 58.2 Å². The molecule has 0 radical (unpaired) electrons. The number of pyridine rings is 1. The average Bonchev–Trinajstić information content (AvgIpc) is 2.36. The number of benzene rings is 1. The summed E-state index contributed by atoms with van der Waals surface area (Å²) in [6.45, 7) is 0.174. The number of nitrogens with one attached hydrogen (secondary N) is 1. The lowest BCUT2D eigenvalue weighted by atomic mass is 10.2. The maximum absolute atomic E-state index is 13.0. The van der Waals surface area contributed by atoms with Gasteiger partial charge in [0.1, 0.15) is 23.5 Å². The Labute approximate surface area is 113 Å². The summed E-state index contributed by atoms with van der Waals surface area (Å²) < 4.78 is 26.0. The fourth-order valence-electron chi connectivity index (χ4n) is 1.53. The van der Waals surface area contributed by atoms with E-state index in [4.69, 9.17) is 16.9 Å². The number of aromatic nitrogens is 1. The molecule has 0 aliphatic rings. The van der Waals surface area contributed by atoms with Gasteiger partial charge in [-0.1, -0.05) is 11.6 Å². The Morgan fingerprint density at radius 1 is 1.21 bits per heavy atom. The van der Waals surface area contributed by atoms with Crippen molar-refractivity contribution in [1.29, 1.82) is 5.26 Å². The van der Waals surface area contributed by atoms with E-state index in [0.29, 0.717) is 16.9 Å². The lowest BCUT2D eigenvalue weighted by Gasteiger charge is -2.07. The first kappa shape index (κ1) is 13.2. The highest BCUT2D eigenvalue weighted by Gasteiger charge is 2.05. The maximum Gasteiger partial charge on any atom is 0.145 e. The second kappa shape index (κ2) is 5.63. The monoisotopic (exact) mass is 279 g/mol. The van der Waals surface area contributed by atoms with E-state index in [9.17, 15) is 8.78 Å². The molecular weight excluding hydrogens is 272 g/mol. The Balaban J connectivity index is 2.12. The first-order chi connectivity index (χ1) is 9.08. The summed E-state index contributed by atoms with van der Waals surface area (Å²) in [5.74, 6) is -0.934. The van der Waals surface area contributed by atoms with Crippen LogP contribution in [-0.2, 0) is 6.54 Å². The van der Waals surface area contributed by atoms with Gasteiger partial charge in [-0.25, -0.2) is 13.8 Å². The van der Waals surface area contributed by atoms with Crippen molar-refractivity contribution in [2.24, 2.45) is 0 Å². The Hall–Kier alpha value is -2.19. The molecule has 1 aromatic carbocycles. The molecule has 0 fully saturated rings. The summed E-state index contributed by atoms with van der Waals surface area (Å²) in [4.78, 5) is 3.96. The molecule has 2 aromatic rings. The van der Waals surface area contributed by atoms with Gasteiger partial charge in [-0.05, 0) is 23.8 Å². The molecule has 0 unspecified atom stereocenters. The van der Waals surface area contributed by atoms with E-state index >= 15 is 0 Å². The minimum Gasteiger partial charge on any atom is -0.365 e. The van der Waals surface area contributed by atoms with Gasteiger partial charge < -0.3 is 5.32 Å². The van der Waals surface area contributed by atoms with Gasteiger partial charge in [-0.3, -0.25) is 0 Å². The van der Waals surface area contributed by atoms with E-state index in [0.717, 1.165) is 6.07 Å². The first-order valence-corrected chi connectivity index (χ1v) is 5.71. The predicted molar refractivity (Wildman–Crippen MR) is 67.6 cm³/mol. The zero-order valence-corrected chi connectivity index (χ0v) is 10.4. The highest BCUT2D eigenvalue weighted by atomic mass is 35.5. The molecular formula is C13H8ClF2N3. The van der Waals surface area contributed by atoms with Crippen LogP contribution < -0.4 is 5.32 Å². The second-order valence-corrected chi connectivity index (χ2v) is 4.20. The number of halogens is 3. The highest BCUT2D eigenvalue weighted by molar-refractivity contribution is 6.33. The summed E-state index contributed by atoms with van der Waals surface area (Å²) in [6, 6.07) is 6.61. The number of rotatable bonds is 3. The Morgan fingerprint density at radius 2 is 1.89 bits per heavy atom. The Morgan fingerprint density at radius 3 is 2.47 bits per heavy atom. The highest BCUT2D eigenvalue weighted by Crippen LogP contribution is 2.20. The summed E-state index contributed by atoms with van der Waals surface area (Å²) in [7, 11) is 0. The van der Waals surface area contributed by atoms with Gasteiger partial charge in [0.25, 0.3) is 0 Å². The number of hydrogen-bond acceptors (Lipinski definition) is 3. The first-order valence-electron chi connectivity index (χ1n) is 5.33. The van der Waals surface area contributed by atoms with Crippen molar-refractivity contribution in [3.8, 4) is 6.07 Å². The quantitative estimate of drug-likeness (QED) is 0.935. The standard InChI is InChI=1S/C13H8ClF2N3/c14-12-3-9(5-17)7-19-13(12)18-6-8-1-10(15)4-11(16)2-8/h1-4,7H,6H2,(H,18,19). The molecule has 19 heavy (non-hydrogen) atoms. The summed E-state index contributed by atoms with van der Waals surface area (Å²) in [5.41, 5.74) is 0.770. The molecule has 0 atom stereocenters. The minimum atomic E-state index is -0.643. The van der Waals surface area contributed by atoms with Crippen LogP contribution in [0, 0.1) is 23.0 Å². The van der Waals surface area contributed by atoms with E-state index in [1.807, 2.05) is 6.07 Å². The largest absolute Gasteiger partial charge is 0.365 e. The molecule has 0 aliphatic heterocycles. The molecule has 1 aromatic heterocycles. The van der Waals surface area contributed by atoms with Crippen molar-refractivity contribution >= 4 is 17.4 Å². The number of nitrogens with zero attached hydrogens (tertiary/aromatic N) is 2. The SMILES string of the molecule is N#Cc1cnc(NCc2cc(F)cc(F)c2)c(Cl)c1. The molecule has 2 rings (SSSR count). The topological polar surface area (TPSA) is 48.7 Å². The molecule has 0 spiro atoms. The van der Waals surface area contributed by atoms with Crippen LogP contribution in [0.2, 0.25) is 5.02 Å². The minimum absolute atomic E-state index is 0.174. The Bertz CT molecular complexity index is 633. The predicted octanol–water partition coefficient (Wildman–Crippen LogP) is 3.50. The van der Waals surface area contributed by atoms with Crippen LogP contribution in [0.5, 0.6) is 0 Å². The third-order valence-corrected chi connectivity index (χ3v) is 2.64. The average molecular weight is 280 g/mol. The van der Waals surface area contributed by atoms with Crippen molar-refractivity contribution in [1.82, 2.24) is 4.98 Å². The molecule has 0 aliphatic carbocycles. The smallest absolute Gasteiger partial charge is 0.145 e. The molecule has 0 saturated carbocycles. The van der Waals surface area contributed by atoms with Crippen molar-refractivity contribution in [3.63, 3.8) is 0 Å². The number of hydrogen-bond donors (Lipinski definition) is 1. The van der Waals surface area contributed by atoms with Gasteiger partial charge in [0.2, 0.25) is 0 Å². The van der Waals surface area contributed by atoms with Crippen molar-refractivity contribution in [2.45, 2.75) is 6.54 Å². The molecule has 1 heterocycles. The number of nitriles is 1. The van der Waals surface area contributed by atoms with Gasteiger partial charge in [0.05, 0.1) is 10.6 Å². The van der Waals surface area contributed by atoms with Gasteiger partial charge in [-0.2, -0.15) is 5.26 Å². The van der Waals surface area contributed by atoms with Crippen LogP contribution >= 0.6 is 11.6 Å². The zero-order chi connectivity index (χ0) is 13.8. The second-order valence-electron chi connectivity index (χ2n) is 3.80. The van der Waals surface area contributed by atoms with Crippen LogP contribution in [0.3, 0.4) is 0 Å². The van der Waals surface area contributed by atoms with Crippen molar-refractivity contribution < 1.29 is 8.78 Å². The lowest BCUT2D eigenvalue weighted by molar-refractivity contribution is 0.580. The molecule has 0 saturated heterocycles. The third-order valence-electron chi connectivity index (χ3n) is 2.35. The summed E-state index contributed by atoms with van der Waals surface area (Å²) in [5, 5.41) is 11.8. The third kappa shape index (κ3) is 3.39. The normalized spacial score (nSPS) is 10.0. The lowest BCUT2D eigenvalue weighted by Crippen LogP contribution is -2.03. The van der Waals surface area contributed by atoms with Crippen LogP contribution in [0.25, 0.3) is 0 Å². The van der Waals surface area contributed by atoms with Gasteiger partial charge in [-0.15, -0.1) is 0 Å². The van der Waals surface area contributed by atoms with Gasteiger partial charge >= 0.3 is 0 Å². The van der Waals surface area contributed by atoms with E-state index < -0.39 is 11.6 Å². The van der Waals surface area contributed by atoms with Gasteiger partial charge in [0.15, 0.2) is 0 Å².